The fourth-order valence-corrected chi connectivity index (χ4v) is 4.14. The number of halogens is 6. The van der Waals surface area contributed by atoms with Crippen molar-refractivity contribution in [3.8, 4) is 5.75 Å². The third kappa shape index (κ3) is 6.86. The summed E-state index contributed by atoms with van der Waals surface area (Å²) in [5.41, 5.74) is -4.31. The van der Waals surface area contributed by atoms with Crippen LogP contribution in [0.3, 0.4) is 0 Å². The number of aryl methyl sites for hydroxylation is 1. The summed E-state index contributed by atoms with van der Waals surface area (Å²) in [4.78, 5) is 12.7. The van der Waals surface area contributed by atoms with E-state index in [1.54, 1.807) is 13.0 Å². The van der Waals surface area contributed by atoms with Crippen molar-refractivity contribution in [2.45, 2.75) is 25.9 Å². The molecule has 0 amide bonds. The third-order valence-electron chi connectivity index (χ3n) is 4.60. The molecule has 170 valence electrons. The van der Waals surface area contributed by atoms with Crippen molar-refractivity contribution in [1.29, 1.82) is 0 Å². The first-order valence-electron chi connectivity index (χ1n) is 9.33. The maximum absolute atomic E-state index is 13.3. The number of hydrogen-bond acceptors (Lipinski definition) is 2. The van der Waals surface area contributed by atoms with Gasteiger partial charge in [-0.1, -0.05) is 42.5 Å². The van der Waals surface area contributed by atoms with Crippen LogP contribution in [0.2, 0.25) is 0 Å². The molecule has 3 rings (SSSR count). The van der Waals surface area contributed by atoms with Crippen molar-refractivity contribution >= 4 is 38.3 Å². The van der Waals surface area contributed by atoms with E-state index in [4.69, 9.17) is 4.74 Å². The molecule has 1 unspecified atom stereocenters. The van der Waals surface area contributed by atoms with Crippen LogP contribution in [-0.2, 0) is 19.0 Å². The van der Waals surface area contributed by atoms with Crippen LogP contribution in [0.1, 0.15) is 32.6 Å². The Morgan fingerprint density at radius 2 is 1.42 bits per heavy atom. The van der Waals surface area contributed by atoms with Crippen molar-refractivity contribution in [3.05, 3.63) is 94.5 Å². The van der Waals surface area contributed by atoms with E-state index in [-0.39, 0.29) is 25.5 Å². The first-order chi connectivity index (χ1) is 15.0. The van der Waals surface area contributed by atoms with Gasteiger partial charge in [0, 0.05) is 5.56 Å². The second-order valence-electron chi connectivity index (χ2n) is 6.93. The van der Waals surface area contributed by atoms with E-state index < -0.39 is 43.1 Å². The van der Waals surface area contributed by atoms with E-state index in [1.165, 1.54) is 12.1 Å². The van der Waals surface area contributed by atoms with Gasteiger partial charge in [0.05, 0.1) is 11.1 Å². The number of alkyl halides is 6. The molecule has 0 aromatic heterocycles. The summed E-state index contributed by atoms with van der Waals surface area (Å²) in [6, 6.07) is 15.6. The molecule has 0 aliphatic carbocycles. The molecule has 3 aromatic rings. The Morgan fingerprint density at radius 3 is 1.94 bits per heavy atom. The summed E-state index contributed by atoms with van der Waals surface area (Å²) in [6.07, 6.45) is -10.2. The zero-order chi connectivity index (χ0) is 23.5. The predicted molar refractivity (Wildman–Crippen MR) is 118 cm³/mol. The van der Waals surface area contributed by atoms with Crippen LogP contribution in [-0.4, -0.2) is 24.4 Å². The SMILES string of the molecule is Cc1cc(OCc2ccccc2)ccc1PC(=O)c1c(C(F)(F)F)cccc1C(F)(F)F.[LiH]. The monoisotopic (exact) mass is 478 g/mol. The zero-order valence-corrected chi connectivity index (χ0v) is 17.6. The Balaban J connectivity index is 0.00000385. The number of ether oxygens (including phenoxy) is 1. The molecule has 33 heavy (non-hydrogen) atoms. The average molecular weight is 478 g/mol. The van der Waals surface area contributed by atoms with Crippen LogP contribution < -0.4 is 10.0 Å². The summed E-state index contributed by atoms with van der Waals surface area (Å²) in [6.45, 7) is 1.90. The summed E-state index contributed by atoms with van der Waals surface area (Å²) in [5.74, 6) is 0.471. The van der Waals surface area contributed by atoms with Gasteiger partial charge in [-0.05, 0) is 56.2 Å². The van der Waals surface area contributed by atoms with Crippen LogP contribution in [0, 0.1) is 6.92 Å². The van der Waals surface area contributed by atoms with E-state index in [1.807, 2.05) is 30.3 Å². The predicted octanol–water partition coefficient (Wildman–Crippen LogP) is 6.11. The molecule has 3 aromatic carbocycles. The summed E-state index contributed by atoms with van der Waals surface area (Å²) in [5, 5.41) is 0.340. The third-order valence-corrected chi connectivity index (χ3v) is 5.90. The van der Waals surface area contributed by atoms with Crippen LogP contribution in [0.15, 0.2) is 66.7 Å². The molecule has 10 heteroatoms. The number of rotatable bonds is 6. The van der Waals surface area contributed by atoms with Crippen LogP contribution in [0.5, 0.6) is 5.75 Å². The summed E-state index contributed by atoms with van der Waals surface area (Å²) in [7, 11) is -0.918. The minimum absolute atomic E-state index is 0. The maximum atomic E-state index is 13.3. The molecule has 0 spiro atoms. The van der Waals surface area contributed by atoms with Gasteiger partial charge in [-0.25, -0.2) is 0 Å². The molecule has 0 bridgehead atoms. The van der Waals surface area contributed by atoms with Gasteiger partial charge in [-0.2, -0.15) is 26.3 Å². The molecule has 2 nitrogen and oxygen atoms in total. The number of hydrogen-bond donors (Lipinski definition) is 0. The number of benzene rings is 3. The molecule has 0 heterocycles. The van der Waals surface area contributed by atoms with E-state index in [2.05, 4.69) is 0 Å². The van der Waals surface area contributed by atoms with Crippen molar-refractivity contribution in [2.24, 2.45) is 0 Å². The Hall–Kier alpha value is -2.26. The van der Waals surface area contributed by atoms with Crippen molar-refractivity contribution in [2.75, 3.05) is 0 Å². The zero-order valence-electron chi connectivity index (χ0n) is 16.6. The van der Waals surface area contributed by atoms with Gasteiger partial charge in [0.1, 0.15) is 12.4 Å². The van der Waals surface area contributed by atoms with Crippen molar-refractivity contribution in [1.82, 2.24) is 0 Å². The number of carbonyl (C=O) groups is 1. The van der Waals surface area contributed by atoms with Gasteiger partial charge in [0.25, 0.3) is 0 Å². The van der Waals surface area contributed by atoms with Gasteiger partial charge >= 0.3 is 31.2 Å². The first kappa shape index (κ1) is 27.0. The number of carbonyl (C=O) groups excluding carboxylic acids is 1. The molecule has 0 radical (unpaired) electrons. The Labute approximate surface area is 200 Å². The van der Waals surface area contributed by atoms with Crippen LogP contribution in [0.25, 0.3) is 0 Å². The summed E-state index contributed by atoms with van der Waals surface area (Å²) >= 11 is 0. The van der Waals surface area contributed by atoms with Crippen molar-refractivity contribution in [3.63, 3.8) is 0 Å². The molecular weight excluding hydrogens is 460 g/mol. The van der Waals surface area contributed by atoms with Gasteiger partial charge in [-0.3, -0.25) is 4.79 Å². The summed E-state index contributed by atoms with van der Waals surface area (Å²) < 4.78 is 85.7. The minimum atomic E-state index is -5.10. The quantitative estimate of drug-likeness (QED) is 0.243. The van der Waals surface area contributed by atoms with E-state index >= 15 is 0 Å². The molecule has 0 saturated carbocycles. The molecular formula is C23H18F6LiO2P. The van der Waals surface area contributed by atoms with Gasteiger partial charge in [0.2, 0.25) is 0 Å². The topological polar surface area (TPSA) is 26.3 Å². The molecule has 0 aliphatic heterocycles. The second-order valence-corrected chi connectivity index (χ2v) is 8.17. The molecule has 0 fully saturated rings. The van der Waals surface area contributed by atoms with E-state index in [9.17, 15) is 31.1 Å². The fourth-order valence-electron chi connectivity index (χ4n) is 3.06. The van der Waals surface area contributed by atoms with E-state index in [0.717, 1.165) is 5.56 Å². The Kier molecular flexibility index (Phi) is 8.81. The van der Waals surface area contributed by atoms with Crippen molar-refractivity contribution < 1.29 is 35.9 Å². The Morgan fingerprint density at radius 1 is 0.848 bits per heavy atom. The fraction of sp³-hybridized carbons (Fsp3) is 0.174. The Bertz CT molecular complexity index is 1080. The molecule has 0 saturated heterocycles. The van der Waals surface area contributed by atoms with Gasteiger partial charge in [-0.15, -0.1) is 0 Å². The first-order valence-corrected chi connectivity index (χ1v) is 10.3. The van der Waals surface area contributed by atoms with Gasteiger partial charge in [0.15, 0.2) is 5.52 Å². The average Bonchev–Trinajstić information content (AvgIpc) is 2.73. The van der Waals surface area contributed by atoms with E-state index in [0.29, 0.717) is 34.8 Å². The van der Waals surface area contributed by atoms with Gasteiger partial charge < -0.3 is 4.74 Å². The molecule has 1 atom stereocenters. The van der Waals surface area contributed by atoms with Crippen LogP contribution in [0.4, 0.5) is 26.3 Å². The van der Waals surface area contributed by atoms with Crippen LogP contribution >= 0.6 is 8.58 Å². The standard InChI is InChI=1S/C23H17F6O2P.Li.H/c1-14-12-16(31-13-15-6-3-2-4-7-15)10-11-19(14)32-21(30)20-17(22(24,25)26)8-5-9-18(20)23(27,28)29;;/h2-12,32H,13H2,1H3;;. The second kappa shape index (κ2) is 10.8. The normalized spacial score (nSPS) is 12.0. The molecule has 0 aliphatic rings. The molecule has 0 N–H and O–H groups in total.